The monoisotopic (exact) mass is 351 g/mol. The number of rotatable bonds is 3. The molecule has 24 heavy (non-hydrogen) atoms. The Morgan fingerprint density at radius 1 is 1.33 bits per heavy atom. The second-order valence-corrected chi connectivity index (χ2v) is 8.51. The molecule has 9 heteroatoms. The minimum Gasteiger partial charge on any atom is -0.342 e. The molecule has 2 aromatic heterocycles. The lowest BCUT2D eigenvalue weighted by Crippen LogP contribution is -2.41. The summed E-state index contributed by atoms with van der Waals surface area (Å²) < 4.78 is 25.9. The fourth-order valence-corrected chi connectivity index (χ4v) is 4.08. The van der Waals surface area contributed by atoms with E-state index in [2.05, 4.69) is 15.1 Å². The third-order valence-corrected chi connectivity index (χ3v) is 5.43. The summed E-state index contributed by atoms with van der Waals surface area (Å²) in [4.78, 5) is 22.4. The Bertz CT molecular complexity index is 874. The number of carbonyl (C=O) groups is 1. The van der Waals surface area contributed by atoms with Gasteiger partial charge >= 0.3 is 0 Å². The zero-order valence-electron chi connectivity index (χ0n) is 14.0. The van der Waals surface area contributed by atoms with Crippen LogP contribution in [0.15, 0.2) is 17.4 Å². The fraction of sp³-hybridized carbons (Fsp3) is 0.600. The maximum absolute atomic E-state index is 12.3. The van der Waals surface area contributed by atoms with E-state index in [1.54, 1.807) is 0 Å². The zero-order chi connectivity index (χ0) is 17.5. The second kappa shape index (κ2) is 6.12. The Kier molecular flexibility index (Phi) is 4.29. The van der Waals surface area contributed by atoms with E-state index in [4.69, 9.17) is 0 Å². The van der Waals surface area contributed by atoms with Crippen LogP contribution in [-0.2, 0) is 14.6 Å². The van der Waals surface area contributed by atoms with Gasteiger partial charge in [-0.25, -0.2) is 13.4 Å². The van der Waals surface area contributed by atoms with E-state index >= 15 is 0 Å². The Balaban J connectivity index is 2.07. The molecule has 3 rings (SSSR count). The largest absolute Gasteiger partial charge is 0.342 e. The molecule has 2 aromatic rings. The van der Waals surface area contributed by atoms with Gasteiger partial charge in [-0.3, -0.25) is 4.79 Å². The summed E-state index contributed by atoms with van der Waals surface area (Å²) in [6.45, 7) is 4.93. The molecule has 0 aliphatic carbocycles. The van der Waals surface area contributed by atoms with Crippen LogP contribution >= 0.6 is 0 Å². The van der Waals surface area contributed by atoms with E-state index in [9.17, 15) is 13.2 Å². The molecular formula is C15H21N5O3S. The van der Waals surface area contributed by atoms with E-state index < -0.39 is 9.84 Å². The van der Waals surface area contributed by atoms with Crippen molar-refractivity contribution < 1.29 is 13.2 Å². The van der Waals surface area contributed by atoms with E-state index in [0.717, 1.165) is 19.1 Å². The lowest BCUT2D eigenvalue weighted by atomic mass is 9.93. The second-order valence-electron chi connectivity index (χ2n) is 6.53. The average molecular weight is 351 g/mol. The first kappa shape index (κ1) is 16.8. The first-order valence-corrected chi connectivity index (χ1v) is 9.85. The van der Waals surface area contributed by atoms with Crippen LogP contribution in [0.5, 0.6) is 0 Å². The van der Waals surface area contributed by atoms with Crippen molar-refractivity contribution in [3.05, 3.63) is 18.2 Å². The minimum atomic E-state index is -3.46. The van der Waals surface area contributed by atoms with Crippen molar-refractivity contribution in [2.24, 2.45) is 5.92 Å². The van der Waals surface area contributed by atoms with Crippen LogP contribution in [0.2, 0.25) is 0 Å². The van der Waals surface area contributed by atoms with Crippen LogP contribution < -0.4 is 0 Å². The molecule has 0 N–H and O–H groups in total. The van der Waals surface area contributed by atoms with Crippen molar-refractivity contribution in [3.8, 4) is 0 Å². The van der Waals surface area contributed by atoms with Crippen LogP contribution in [0, 0.1) is 5.92 Å². The highest BCUT2D eigenvalue weighted by atomic mass is 32.2. The fourth-order valence-electron chi connectivity index (χ4n) is 3.21. The molecule has 1 aliphatic heterocycles. The Morgan fingerprint density at radius 3 is 2.75 bits per heavy atom. The Morgan fingerprint density at radius 2 is 2.08 bits per heavy atom. The molecule has 1 atom stereocenters. The number of nitrogens with zero attached hydrogens (tertiary/aromatic N) is 5. The molecule has 130 valence electrons. The average Bonchev–Trinajstić information content (AvgIpc) is 3.00. The molecular weight excluding hydrogens is 330 g/mol. The van der Waals surface area contributed by atoms with Gasteiger partial charge in [0.2, 0.25) is 5.91 Å². The number of likely N-dealkylation sites (tertiary alicyclic amines) is 1. The van der Waals surface area contributed by atoms with Crippen LogP contribution in [0.4, 0.5) is 0 Å². The van der Waals surface area contributed by atoms with E-state index in [1.165, 1.54) is 17.0 Å². The molecule has 8 nitrogen and oxygen atoms in total. The van der Waals surface area contributed by atoms with Crippen molar-refractivity contribution in [2.75, 3.05) is 19.3 Å². The number of piperidine rings is 1. The van der Waals surface area contributed by atoms with Crippen molar-refractivity contribution in [2.45, 2.75) is 37.5 Å². The predicted molar refractivity (Wildman–Crippen MR) is 87.3 cm³/mol. The summed E-state index contributed by atoms with van der Waals surface area (Å²) in [5.74, 6) is 0.259. The van der Waals surface area contributed by atoms with Gasteiger partial charge in [0.1, 0.15) is 11.2 Å². The summed E-state index contributed by atoms with van der Waals surface area (Å²) in [5.41, 5.74) is 0.571. The highest BCUT2D eigenvalue weighted by Crippen LogP contribution is 2.31. The normalized spacial score (nSPS) is 19.2. The lowest BCUT2D eigenvalue weighted by Gasteiger charge is -2.34. The smallest absolute Gasteiger partial charge is 0.252 e. The van der Waals surface area contributed by atoms with Gasteiger partial charge in [0.05, 0.1) is 11.9 Å². The SMILES string of the molecule is CC(C)C(=O)N1CCC[C@H](c2c(S(C)(=O)=O)cnc3ncnn23)C1. The highest BCUT2D eigenvalue weighted by Gasteiger charge is 2.31. The van der Waals surface area contributed by atoms with E-state index in [1.807, 2.05) is 18.7 Å². The molecule has 0 spiro atoms. The number of sulfone groups is 1. The molecule has 0 unspecified atom stereocenters. The Labute approximate surface area is 140 Å². The van der Waals surface area contributed by atoms with Crippen LogP contribution in [0.25, 0.3) is 5.78 Å². The van der Waals surface area contributed by atoms with Crippen LogP contribution in [0.1, 0.15) is 38.3 Å². The lowest BCUT2D eigenvalue weighted by molar-refractivity contribution is -0.135. The number of carbonyl (C=O) groups excluding carboxylic acids is 1. The first-order chi connectivity index (χ1) is 11.3. The summed E-state index contributed by atoms with van der Waals surface area (Å²) in [6.07, 6.45) is 5.49. The maximum atomic E-state index is 12.3. The van der Waals surface area contributed by atoms with Gasteiger partial charge in [0.25, 0.3) is 5.78 Å². The van der Waals surface area contributed by atoms with Crippen molar-refractivity contribution in [1.82, 2.24) is 24.5 Å². The quantitative estimate of drug-likeness (QED) is 0.814. The van der Waals surface area contributed by atoms with Crippen LogP contribution in [0.3, 0.4) is 0 Å². The van der Waals surface area contributed by atoms with Gasteiger partial charge in [-0.2, -0.15) is 14.6 Å². The molecule has 0 bridgehead atoms. The molecule has 0 radical (unpaired) electrons. The highest BCUT2D eigenvalue weighted by molar-refractivity contribution is 7.90. The van der Waals surface area contributed by atoms with Gasteiger partial charge in [0.15, 0.2) is 9.84 Å². The molecule has 3 heterocycles. The number of fused-ring (bicyclic) bond motifs is 1. The number of amides is 1. The summed E-state index contributed by atoms with van der Waals surface area (Å²) in [5, 5.41) is 4.15. The van der Waals surface area contributed by atoms with Crippen LogP contribution in [-0.4, -0.2) is 58.2 Å². The standard InChI is InChI=1S/C15H21N5O3S/c1-10(2)14(21)19-6-4-5-11(8-19)13-12(24(3,22)23)7-16-15-17-9-18-20(13)15/h7,9-11H,4-6,8H2,1-3H3/t11-/m0/s1. The molecule has 1 amide bonds. The molecule has 1 saturated heterocycles. The zero-order valence-corrected chi connectivity index (χ0v) is 14.8. The van der Waals surface area contributed by atoms with Gasteiger partial charge < -0.3 is 4.90 Å². The first-order valence-electron chi connectivity index (χ1n) is 7.96. The Hall–Kier alpha value is -2.03. The summed E-state index contributed by atoms with van der Waals surface area (Å²) in [6, 6.07) is 0. The van der Waals surface area contributed by atoms with E-state index in [-0.39, 0.29) is 22.6 Å². The van der Waals surface area contributed by atoms with Crippen molar-refractivity contribution in [3.63, 3.8) is 0 Å². The van der Waals surface area contributed by atoms with Gasteiger partial charge in [0, 0.05) is 31.2 Å². The molecule has 1 fully saturated rings. The summed E-state index contributed by atoms with van der Waals surface area (Å²) in [7, 11) is -3.46. The number of aromatic nitrogens is 4. The van der Waals surface area contributed by atoms with E-state index in [0.29, 0.717) is 24.6 Å². The van der Waals surface area contributed by atoms with Gasteiger partial charge in [-0.05, 0) is 12.8 Å². The molecule has 0 saturated carbocycles. The maximum Gasteiger partial charge on any atom is 0.252 e. The van der Waals surface area contributed by atoms with Crippen molar-refractivity contribution >= 4 is 21.5 Å². The van der Waals surface area contributed by atoms with Crippen molar-refractivity contribution in [1.29, 1.82) is 0 Å². The molecule has 0 aromatic carbocycles. The third kappa shape index (κ3) is 3.00. The third-order valence-electron chi connectivity index (χ3n) is 4.32. The topological polar surface area (TPSA) is 97.5 Å². The minimum absolute atomic E-state index is 0.0815. The van der Waals surface area contributed by atoms with Gasteiger partial charge in [-0.15, -0.1) is 0 Å². The summed E-state index contributed by atoms with van der Waals surface area (Å²) >= 11 is 0. The number of hydrogen-bond acceptors (Lipinski definition) is 6. The van der Waals surface area contributed by atoms with Gasteiger partial charge in [-0.1, -0.05) is 13.8 Å². The number of hydrogen-bond donors (Lipinski definition) is 0. The predicted octanol–water partition coefficient (Wildman–Crippen LogP) is 0.890. The molecule has 1 aliphatic rings.